The molecule has 1 aromatic carbocycles. The van der Waals surface area contributed by atoms with E-state index in [1.54, 1.807) is 13.2 Å². The van der Waals surface area contributed by atoms with Gasteiger partial charge in [-0.2, -0.15) is 5.10 Å². The summed E-state index contributed by atoms with van der Waals surface area (Å²) in [7, 11) is 1.72. The molecule has 0 spiro atoms. The number of carbonyl (C=O) groups excluding carboxylic acids is 2. The number of carbonyl (C=O) groups is 2. The third-order valence-corrected chi connectivity index (χ3v) is 2.90. The number of hydrogen-bond acceptors (Lipinski definition) is 4. The van der Waals surface area contributed by atoms with Gasteiger partial charge in [0, 0.05) is 20.2 Å². The first-order chi connectivity index (χ1) is 10.1. The van der Waals surface area contributed by atoms with Crippen LogP contribution in [0.3, 0.4) is 0 Å². The van der Waals surface area contributed by atoms with Gasteiger partial charge < -0.3 is 10.1 Å². The Morgan fingerprint density at radius 2 is 2.05 bits per heavy atom. The Bertz CT molecular complexity index is 622. The highest BCUT2D eigenvalue weighted by Crippen LogP contribution is 2.18. The zero-order chi connectivity index (χ0) is 15.2. The first-order valence-electron chi connectivity index (χ1n) is 6.55. The summed E-state index contributed by atoms with van der Waals surface area (Å²) in [5, 5.41) is 6.61. The van der Waals surface area contributed by atoms with Crippen molar-refractivity contribution >= 4 is 11.9 Å². The van der Waals surface area contributed by atoms with Crippen LogP contribution in [0.4, 0.5) is 0 Å². The Labute approximate surface area is 122 Å². The molecule has 1 aromatic heterocycles. The molecule has 0 bridgehead atoms. The molecular formula is C15H17N3O3. The highest BCUT2D eigenvalue weighted by Gasteiger charge is 2.19. The fraction of sp³-hybridized carbons (Fsp3) is 0.267. The van der Waals surface area contributed by atoms with Crippen molar-refractivity contribution < 1.29 is 14.3 Å². The summed E-state index contributed by atoms with van der Waals surface area (Å²) in [5.74, 6) is -0.643. The summed E-state index contributed by atoms with van der Waals surface area (Å²) in [4.78, 5) is 23.2. The topological polar surface area (TPSA) is 73.2 Å². The molecule has 0 aliphatic carbocycles. The van der Waals surface area contributed by atoms with Crippen LogP contribution in [0.1, 0.15) is 28.9 Å². The van der Waals surface area contributed by atoms with Crippen LogP contribution in [-0.4, -0.2) is 28.2 Å². The lowest BCUT2D eigenvalue weighted by atomic mass is 10.1. The first-order valence-corrected chi connectivity index (χ1v) is 6.55. The molecule has 21 heavy (non-hydrogen) atoms. The van der Waals surface area contributed by atoms with Gasteiger partial charge in [0.05, 0.1) is 18.3 Å². The van der Waals surface area contributed by atoms with Crippen molar-refractivity contribution in [1.29, 1.82) is 0 Å². The molecule has 0 radical (unpaired) electrons. The summed E-state index contributed by atoms with van der Waals surface area (Å²) in [5.41, 5.74) is 1.20. The van der Waals surface area contributed by atoms with E-state index in [1.165, 1.54) is 17.8 Å². The molecule has 0 saturated heterocycles. The second-order valence-corrected chi connectivity index (χ2v) is 4.64. The van der Waals surface area contributed by atoms with E-state index in [2.05, 4.69) is 10.4 Å². The molecule has 2 aromatic rings. The van der Waals surface area contributed by atoms with Gasteiger partial charge in [-0.25, -0.2) is 4.79 Å². The van der Waals surface area contributed by atoms with Crippen LogP contribution in [-0.2, 0) is 16.6 Å². The quantitative estimate of drug-likeness (QED) is 0.845. The predicted octanol–water partition coefficient (Wildman–Crippen LogP) is 1.45. The van der Waals surface area contributed by atoms with Crippen molar-refractivity contribution in [3.63, 3.8) is 0 Å². The Kier molecular flexibility index (Phi) is 4.71. The number of benzene rings is 1. The number of aryl methyl sites for hydroxylation is 1. The molecule has 1 atom stereocenters. The van der Waals surface area contributed by atoms with Gasteiger partial charge in [-0.05, 0) is 5.56 Å². The molecule has 6 heteroatoms. The van der Waals surface area contributed by atoms with Crippen LogP contribution in [0.2, 0.25) is 0 Å². The largest absolute Gasteiger partial charge is 0.452 e. The van der Waals surface area contributed by atoms with E-state index in [4.69, 9.17) is 4.74 Å². The summed E-state index contributed by atoms with van der Waals surface area (Å²) in [6, 6.07) is 9.29. The molecule has 1 heterocycles. The zero-order valence-electron chi connectivity index (χ0n) is 11.9. The molecule has 6 nitrogen and oxygen atoms in total. The van der Waals surface area contributed by atoms with Crippen molar-refractivity contribution in [3.8, 4) is 0 Å². The first kappa shape index (κ1) is 14.8. The lowest BCUT2D eigenvalue weighted by molar-refractivity contribution is -0.119. The van der Waals surface area contributed by atoms with Gasteiger partial charge >= 0.3 is 5.97 Å². The smallest absolute Gasteiger partial charge is 0.342 e. The normalized spacial score (nSPS) is 11.7. The number of aromatic nitrogens is 2. The molecule has 110 valence electrons. The van der Waals surface area contributed by atoms with Crippen LogP contribution in [0.15, 0.2) is 42.7 Å². The summed E-state index contributed by atoms with van der Waals surface area (Å²) in [6.07, 6.45) is 2.49. The number of ether oxygens (including phenoxy) is 1. The van der Waals surface area contributed by atoms with E-state index < -0.39 is 12.1 Å². The highest BCUT2D eigenvalue weighted by atomic mass is 16.5. The maximum absolute atomic E-state index is 12.1. The van der Waals surface area contributed by atoms with Crippen molar-refractivity contribution in [2.24, 2.45) is 7.05 Å². The number of rotatable bonds is 5. The van der Waals surface area contributed by atoms with Crippen LogP contribution >= 0.6 is 0 Å². The second kappa shape index (κ2) is 6.69. The molecule has 0 unspecified atom stereocenters. The van der Waals surface area contributed by atoms with Crippen LogP contribution in [0, 0.1) is 0 Å². The average molecular weight is 287 g/mol. The molecular weight excluding hydrogens is 270 g/mol. The third kappa shape index (κ3) is 4.17. The fourth-order valence-electron chi connectivity index (χ4n) is 1.86. The zero-order valence-corrected chi connectivity index (χ0v) is 11.9. The average Bonchev–Trinajstić information content (AvgIpc) is 2.90. The van der Waals surface area contributed by atoms with E-state index in [0.717, 1.165) is 5.56 Å². The van der Waals surface area contributed by atoms with Crippen molar-refractivity contribution in [3.05, 3.63) is 53.9 Å². The van der Waals surface area contributed by atoms with Crippen molar-refractivity contribution in [2.45, 2.75) is 13.0 Å². The van der Waals surface area contributed by atoms with Crippen LogP contribution in [0.25, 0.3) is 0 Å². The summed E-state index contributed by atoms with van der Waals surface area (Å²) < 4.78 is 7.01. The number of hydrogen-bond donors (Lipinski definition) is 1. The molecule has 0 aliphatic rings. The van der Waals surface area contributed by atoms with Crippen LogP contribution in [0.5, 0.6) is 0 Å². The minimum absolute atomic E-state index is 0.173. The number of amides is 1. The second-order valence-electron chi connectivity index (χ2n) is 4.64. The van der Waals surface area contributed by atoms with Crippen molar-refractivity contribution in [2.75, 3.05) is 6.54 Å². The van der Waals surface area contributed by atoms with Gasteiger partial charge in [0.2, 0.25) is 5.91 Å². The Morgan fingerprint density at radius 3 is 2.62 bits per heavy atom. The minimum Gasteiger partial charge on any atom is -0.452 e. The van der Waals surface area contributed by atoms with Gasteiger partial charge in [0.1, 0.15) is 6.10 Å². The van der Waals surface area contributed by atoms with E-state index in [1.807, 2.05) is 30.3 Å². The van der Waals surface area contributed by atoms with Crippen LogP contribution < -0.4 is 5.32 Å². The molecule has 0 fully saturated rings. The molecule has 0 aliphatic heterocycles. The standard InChI is InChI=1S/C15H17N3O3/c1-11(19)16-9-14(12-6-4-3-5-7-12)21-15(20)13-8-17-18(2)10-13/h3-8,10,14H,9H2,1-2H3,(H,16,19)/t14-/m0/s1. The maximum Gasteiger partial charge on any atom is 0.342 e. The monoisotopic (exact) mass is 287 g/mol. The van der Waals surface area contributed by atoms with Gasteiger partial charge in [0.25, 0.3) is 0 Å². The third-order valence-electron chi connectivity index (χ3n) is 2.90. The molecule has 2 rings (SSSR count). The summed E-state index contributed by atoms with van der Waals surface area (Å²) >= 11 is 0. The van der Waals surface area contributed by atoms with Gasteiger partial charge in [-0.3, -0.25) is 9.48 Å². The van der Waals surface area contributed by atoms with Gasteiger partial charge in [-0.1, -0.05) is 30.3 Å². The fourth-order valence-corrected chi connectivity index (χ4v) is 1.86. The lowest BCUT2D eigenvalue weighted by Crippen LogP contribution is -2.28. The predicted molar refractivity (Wildman–Crippen MR) is 76.5 cm³/mol. The number of nitrogens with one attached hydrogen (secondary N) is 1. The number of esters is 1. The maximum atomic E-state index is 12.1. The Morgan fingerprint density at radius 1 is 1.33 bits per heavy atom. The SMILES string of the molecule is CC(=O)NC[C@H](OC(=O)c1cnn(C)c1)c1ccccc1. The Hall–Kier alpha value is -2.63. The van der Waals surface area contributed by atoms with E-state index in [-0.39, 0.29) is 12.5 Å². The highest BCUT2D eigenvalue weighted by molar-refractivity contribution is 5.89. The molecule has 1 amide bonds. The number of nitrogens with zero attached hydrogens (tertiary/aromatic N) is 2. The summed E-state index contributed by atoms with van der Waals surface area (Å²) in [6.45, 7) is 1.65. The lowest BCUT2D eigenvalue weighted by Gasteiger charge is -2.18. The Balaban J connectivity index is 2.12. The van der Waals surface area contributed by atoms with Crippen molar-refractivity contribution in [1.82, 2.24) is 15.1 Å². The van der Waals surface area contributed by atoms with E-state index in [0.29, 0.717) is 5.56 Å². The minimum atomic E-state index is -0.539. The molecule has 0 saturated carbocycles. The molecule has 1 N–H and O–H groups in total. The van der Waals surface area contributed by atoms with E-state index in [9.17, 15) is 9.59 Å². The van der Waals surface area contributed by atoms with Gasteiger partial charge in [-0.15, -0.1) is 0 Å². The van der Waals surface area contributed by atoms with E-state index >= 15 is 0 Å². The van der Waals surface area contributed by atoms with Gasteiger partial charge in [0.15, 0.2) is 0 Å².